The van der Waals surface area contributed by atoms with Crippen molar-refractivity contribution in [3.05, 3.63) is 76.0 Å². The van der Waals surface area contributed by atoms with E-state index in [1.807, 2.05) is 0 Å². The molecule has 0 unspecified atom stereocenters. The average Bonchev–Trinajstić information content (AvgIpc) is 3.36. The second-order valence-electron chi connectivity index (χ2n) is 15.8. The lowest BCUT2D eigenvalue weighted by atomic mass is 9.70. The molecule has 4 rings (SSSR count). The van der Waals surface area contributed by atoms with Crippen molar-refractivity contribution in [2.45, 2.75) is 201 Å². The van der Waals surface area contributed by atoms with Crippen molar-refractivity contribution in [2.24, 2.45) is 0 Å². The Morgan fingerprint density at radius 2 is 1.02 bits per heavy atom. The number of benzene rings is 2. The Morgan fingerprint density at radius 1 is 0.490 bits per heavy atom. The Balaban J connectivity index is 1.74. The topological polar surface area (TPSA) is 12.9 Å². The molecule has 1 aliphatic rings. The molecule has 1 heteroatoms. The van der Waals surface area contributed by atoms with Crippen LogP contribution in [0.3, 0.4) is 0 Å². The minimum atomic E-state index is 0.0760. The summed E-state index contributed by atoms with van der Waals surface area (Å²) < 4.78 is 0. The molecule has 0 bridgehead atoms. The minimum Gasteiger partial charge on any atom is -0.255 e. The van der Waals surface area contributed by atoms with Crippen molar-refractivity contribution in [1.29, 1.82) is 0 Å². The molecule has 0 amide bonds. The van der Waals surface area contributed by atoms with Crippen LogP contribution in [0, 0.1) is 13.8 Å². The van der Waals surface area contributed by atoms with Crippen molar-refractivity contribution in [3.8, 4) is 22.4 Å². The lowest BCUT2D eigenvalue weighted by molar-refractivity contribution is 0.400. The molecule has 1 heterocycles. The quantitative estimate of drug-likeness (QED) is 0.0822. The van der Waals surface area contributed by atoms with Crippen LogP contribution in [-0.4, -0.2) is 4.98 Å². The van der Waals surface area contributed by atoms with Gasteiger partial charge in [0.1, 0.15) is 0 Å². The number of nitrogens with zero attached hydrogens (tertiary/aromatic N) is 1. The summed E-state index contributed by atoms with van der Waals surface area (Å²) in [5.74, 6) is 0. The molecule has 270 valence electrons. The lowest BCUT2D eigenvalue weighted by Gasteiger charge is -2.33. The van der Waals surface area contributed by atoms with Crippen LogP contribution in [-0.2, 0) is 18.3 Å². The van der Waals surface area contributed by atoms with E-state index in [0.717, 1.165) is 0 Å². The molecule has 3 aromatic rings. The Bertz CT molecular complexity index is 1380. The molecule has 0 saturated carbocycles. The Hall–Kier alpha value is -2.41. The highest BCUT2D eigenvalue weighted by Crippen LogP contribution is 2.54. The van der Waals surface area contributed by atoms with Gasteiger partial charge in [0.05, 0.1) is 5.69 Å². The molecule has 49 heavy (non-hydrogen) atoms. The van der Waals surface area contributed by atoms with Crippen molar-refractivity contribution in [2.75, 3.05) is 0 Å². The zero-order valence-electron chi connectivity index (χ0n) is 33.0. The van der Waals surface area contributed by atoms with E-state index < -0.39 is 0 Å². The highest BCUT2D eigenvalue weighted by Gasteiger charge is 2.43. The van der Waals surface area contributed by atoms with E-state index in [-0.39, 0.29) is 5.41 Å². The summed E-state index contributed by atoms with van der Waals surface area (Å²) in [6.07, 6.45) is 33.8. The van der Waals surface area contributed by atoms with Gasteiger partial charge < -0.3 is 0 Å². The van der Waals surface area contributed by atoms with Crippen LogP contribution < -0.4 is 0 Å². The SMILES string of the molecule is CCCCCCCCc1cc(-c2cnc3c(c2)C(CCCCCC)(CCCCCC)c2cc(C)ccc2-3)c(CCCCCCCC)cc1C. The zero-order valence-corrected chi connectivity index (χ0v) is 33.0. The summed E-state index contributed by atoms with van der Waals surface area (Å²) in [6.45, 7) is 14.0. The molecule has 1 nitrogen and oxygen atoms in total. The smallest absolute Gasteiger partial charge is 0.0746 e. The second-order valence-corrected chi connectivity index (χ2v) is 15.8. The minimum absolute atomic E-state index is 0.0760. The predicted molar refractivity (Wildman–Crippen MR) is 217 cm³/mol. The third-order valence-electron chi connectivity index (χ3n) is 11.7. The van der Waals surface area contributed by atoms with E-state index in [9.17, 15) is 0 Å². The van der Waals surface area contributed by atoms with E-state index >= 15 is 0 Å². The molecule has 0 radical (unpaired) electrons. The maximum absolute atomic E-state index is 5.42. The summed E-state index contributed by atoms with van der Waals surface area (Å²) >= 11 is 0. The predicted octanol–water partition coefficient (Wildman–Crippen LogP) is 15.4. The van der Waals surface area contributed by atoms with Crippen molar-refractivity contribution in [3.63, 3.8) is 0 Å². The van der Waals surface area contributed by atoms with Crippen LogP contribution in [0.2, 0.25) is 0 Å². The standard InChI is InChI=1S/C48H73N/c1-7-11-15-19-21-23-27-40-35-44(41(34-39(40)6)28-24-22-20-16-12-8-2)42-36-46-47(49-37-42)43-30-29-38(5)33-45(43)48(46,31-25-17-13-9-3)32-26-18-14-10-4/h29-30,33-37H,7-28,31-32H2,1-6H3. The molecule has 2 aromatic carbocycles. The van der Waals surface area contributed by atoms with Gasteiger partial charge in [0.2, 0.25) is 0 Å². The molecular weight excluding hydrogens is 591 g/mol. The van der Waals surface area contributed by atoms with Gasteiger partial charge in [0, 0.05) is 22.7 Å². The summed E-state index contributed by atoms with van der Waals surface area (Å²) in [5.41, 5.74) is 14.7. The maximum Gasteiger partial charge on any atom is 0.0746 e. The van der Waals surface area contributed by atoms with Crippen LogP contribution in [0.1, 0.15) is 202 Å². The first-order chi connectivity index (χ1) is 24.0. The second kappa shape index (κ2) is 21.1. The number of fused-ring (bicyclic) bond motifs is 3. The average molecular weight is 664 g/mol. The van der Waals surface area contributed by atoms with Crippen LogP contribution in [0.15, 0.2) is 42.6 Å². The van der Waals surface area contributed by atoms with E-state index in [4.69, 9.17) is 4.98 Å². The molecule has 0 atom stereocenters. The maximum atomic E-state index is 5.42. The van der Waals surface area contributed by atoms with Crippen LogP contribution in [0.25, 0.3) is 22.4 Å². The van der Waals surface area contributed by atoms with Gasteiger partial charge >= 0.3 is 0 Å². The van der Waals surface area contributed by atoms with Gasteiger partial charge in [-0.15, -0.1) is 0 Å². The summed E-state index contributed by atoms with van der Waals surface area (Å²) in [4.78, 5) is 5.42. The molecule has 0 aliphatic heterocycles. The van der Waals surface area contributed by atoms with E-state index in [0.29, 0.717) is 0 Å². The molecule has 0 spiro atoms. The Morgan fingerprint density at radius 3 is 1.61 bits per heavy atom. The molecule has 1 aliphatic carbocycles. The Kier molecular flexibility index (Phi) is 16.9. The fourth-order valence-electron chi connectivity index (χ4n) is 8.72. The molecular formula is C48H73N. The number of rotatable bonds is 25. The van der Waals surface area contributed by atoms with Crippen molar-refractivity contribution < 1.29 is 0 Å². The van der Waals surface area contributed by atoms with Crippen LogP contribution >= 0.6 is 0 Å². The molecule has 0 N–H and O–H groups in total. The number of aromatic nitrogens is 1. The summed E-state index contributed by atoms with van der Waals surface area (Å²) in [7, 11) is 0. The van der Waals surface area contributed by atoms with Gasteiger partial charge in [-0.1, -0.05) is 179 Å². The molecule has 1 aromatic heterocycles. The largest absolute Gasteiger partial charge is 0.255 e. The first-order valence-electron chi connectivity index (χ1n) is 21.2. The van der Waals surface area contributed by atoms with Gasteiger partial charge in [0.25, 0.3) is 0 Å². The fourth-order valence-corrected chi connectivity index (χ4v) is 8.72. The number of hydrogen-bond donors (Lipinski definition) is 0. The number of aryl methyl sites for hydroxylation is 4. The summed E-state index contributed by atoms with van der Waals surface area (Å²) in [5, 5.41) is 0. The van der Waals surface area contributed by atoms with Gasteiger partial charge in [-0.25, -0.2) is 0 Å². The first-order valence-corrected chi connectivity index (χ1v) is 21.2. The van der Waals surface area contributed by atoms with Gasteiger partial charge in [-0.05, 0) is 91.8 Å². The van der Waals surface area contributed by atoms with Crippen molar-refractivity contribution >= 4 is 0 Å². The van der Waals surface area contributed by atoms with E-state index in [1.165, 1.54) is 193 Å². The normalized spacial score (nSPS) is 13.2. The third kappa shape index (κ3) is 10.8. The van der Waals surface area contributed by atoms with Gasteiger partial charge in [-0.2, -0.15) is 0 Å². The molecule has 0 saturated heterocycles. The highest BCUT2D eigenvalue weighted by molar-refractivity contribution is 5.82. The fraction of sp³-hybridized carbons (Fsp3) is 0.646. The molecule has 0 fully saturated rings. The third-order valence-corrected chi connectivity index (χ3v) is 11.7. The van der Waals surface area contributed by atoms with Gasteiger partial charge in [-0.3, -0.25) is 4.98 Å². The first kappa shape index (κ1) is 39.4. The number of pyridine rings is 1. The number of hydrogen-bond acceptors (Lipinski definition) is 1. The van der Waals surface area contributed by atoms with E-state index in [1.54, 1.807) is 16.7 Å². The zero-order chi connectivity index (χ0) is 34.9. The van der Waals surface area contributed by atoms with Gasteiger partial charge in [0.15, 0.2) is 0 Å². The van der Waals surface area contributed by atoms with Crippen molar-refractivity contribution in [1.82, 2.24) is 4.98 Å². The van der Waals surface area contributed by atoms with Crippen LogP contribution in [0.4, 0.5) is 0 Å². The highest BCUT2D eigenvalue weighted by atomic mass is 14.7. The Labute approximate surface area is 303 Å². The van der Waals surface area contributed by atoms with E-state index in [2.05, 4.69) is 84.1 Å². The lowest BCUT2D eigenvalue weighted by Crippen LogP contribution is -2.26. The summed E-state index contributed by atoms with van der Waals surface area (Å²) in [6, 6.07) is 15.1. The number of unbranched alkanes of at least 4 members (excludes halogenated alkanes) is 16. The van der Waals surface area contributed by atoms with Crippen LogP contribution in [0.5, 0.6) is 0 Å². The monoisotopic (exact) mass is 664 g/mol.